The first kappa shape index (κ1) is 15.0. The number of aromatic carboxylic acids is 1. The number of hydrogen-bond donors (Lipinski definition) is 3. The quantitative estimate of drug-likeness (QED) is 0.662. The number of carboxylic acids is 1. The van der Waals surface area contributed by atoms with Gasteiger partial charge in [0.1, 0.15) is 5.82 Å². The molecule has 8 nitrogen and oxygen atoms in total. The summed E-state index contributed by atoms with van der Waals surface area (Å²) in [5.41, 5.74) is 5.11. The molecule has 9 heteroatoms. The molecule has 116 valence electrons. The van der Waals surface area contributed by atoms with Gasteiger partial charge in [-0.3, -0.25) is 24.3 Å². The summed E-state index contributed by atoms with van der Waals surface area (Å²) >= 11 is 3.13. The van der Waals surface area contributed by atoms with Crippen LogP contribution in [0.5, 0.6) is 0 Å². The molecule has 0 bridgehead atoms. The van der Waals surface area contributed by atoms with Crippen LogP contribution < -0.4 is 16.6 Å². The predicted molar refractivity (Wildman–Crippen MR) is 82.9 cm³/mol. The Morgan fingerprint density at radius 3 is 2.57 bits per heavy atom. The minimum Gasteiger partial charge on any atom is -0.478 e. The van der Waals surface area contributed by atoms with E-state index in [1.54, 1.807) is 0 Å². The molecule has 23 heavy (non-hydrogen) atoms. The van der Waals surface area contributed by atoms with E-state index in [1.807, 2.05) is 0 Å². The zero-order chi connectivity index (χ0) is 16.9. The second kappa shape index (κ2) is 5.06. The molecule has 0 saturated carbocycles. The third-order valence-electron chi connectivity index (χ3n) is 3.40. The zero-order valence-corrected chi connectivity index (χ0v) is 12.9. The fourth-order valence-corrected chi connectivity index (χ4v) is 3.00. The van der Waals surface area contributed by atoms with Crippen molar-refractivity contribution < 1.29 is 19.5 Å². The van der Waals surface area contributed by atoms with Gasteiger partial charge in [0.05, 0.1) is 26.9 Å². The van der Waals surface area contributed by atoms with E-state index in [9.17, 15) is 19.2 Å². The number of carbonyl (C=O) groups excluding carboxylic acids is 2. The summed E-state index contributed by atoms with van der Waals surface area (Å²) in [7, 11) is 0. The molecular formula is C14H8BrN3O5. The van der Waals surface area contributed by atoms with Crippen LogP contribution in [0.1, 0.15) is 31.1 Å². The Morgan fingerprint density at radius 1 is 1.22 bits per heavy atom. The standard InChI is InChI=1S/C14H8BrN3O5/c15-10-5(14(22)23)2-1-3-7(10)18-8(19)4-6-9(11(18)16)13(21)17-12(6)20/h1-4H,16H2,(H,22,23)(H,17,20,21). The first-order chi connectivity index (χ1) is 10.8. The van der Waals surface area contributed by atoms with Gasteiger partial charge in [-0.1, -0.05) is 6.07 Å². The lowest BCUT2D eigenvalue weighted by Crippen LogP contribution is -2.24. The molecule has 2 heterocycles. The second-order valence-corrected chi connectivity index (χ2v) is 5.51. The van der Waals surface area contributed by atoms with Crippen LogP contribution in [0.4, 0.5) is 5.82 Å². The number of nitrogens with zero attached hydrogens (tertiary/aromatic N) is 1. The monoisotopic (exact) mass is 377 g/mol. The molecule has 0 unspecified atom stereocenters. The zero-order valence-electron chi connectivity index (χ0n) is 11.3. The lowest BCUT2D eigenvalue weighted by Gasteiger charge is -2.14. The number of fused-ring (bicyclic) bond motifs is 1. The summed E-state index contributed by atoms with van der Waals surface area (Å²) < 4.78 is 1.11. The maximum Gasteiger partial charge on any atom is 0.336 e. The first-order valence-electron chi connectivity index (χ1n) is 6.26. The Hall–Kier alpha value is -2.94. The van der Waals surface area contributed by atoms with Crippen LogP contribution in [0.15, 0.2) is 33.5 Å². The number of nitrogen functional groups attached to an aromatic ring is 1. The number of amides is 2. The third-order valence-corrected chi connectivity index (χ3v) is 4.24. The summed E-state index contributed by atoms with van der Waals surface area (Å²) in [5.74, 6) is -2.83. The number of benzene rings is 1. The smallest absolute Gasteiger partial charge is 0.336 e. The van der Waals surface area contributed by atoms with E-state index in [0.717, 1.165) is 10.6 Å². The van der Waals surface area contributed by atoms with E-state index >= 15 is 0 Å². The van der Waals surface area contributed by atoms with Gasteiger partial charge < -0.3 is 10.8 Å². The van der Waals surface area contributed by atoms with Gasteiger partial charge >= 0.3 is 5.97 Å². The first-order valence-corrected chi connectivity index (χ1v) is 7.05. The van der Waals surface area contributed by atoms with Crippen molar-refractivity contribution in [1.29, 1.82) is 0 Å². The van der Waals surface area contributed by atoms with Crippen molar-refractivity contribution in [2.45, 2.75) is 0 Å². The van der Waals surface area contributed by atoms with E-state index in [-0.39, 0.29) is 32.7 Å². The fraction of sp³-hybridized carbons (Fsp3) is 0. The molecule has 2 aromatic rings. The van der Waals surface area contributed by atoms with Crippen molar-refractivity contribution in [2.24, 2.45) is 0 Å². The van der Waals surface area contributed by atoms with Gasteiger partial charge in [-0.2, -0.15) is 0 Å². The third kappa shape index (κ3) is 2.13. The number of aromatic nitrogens is 1. The van der Waals surface area contributed by atoms with Crippen molar-refractivity contribution in [3.05, 3.63) is 55.8 Å². The van der Waals surface area contributed by atoms with E-state index in [4.69, 9.17) is 10.8 Å². The van der Waals surface area contributed by atoms with Crippen LogP contribution >= 0.6 is 15.9 Å². The SMILES string of the molecule is Nc1c2c(cc(=O)n1-c1cccc(C(=O)O)c1Br)C(=O)NC2=O. The lowest BCUT2D eigenvalue weighted by molar-refractivity contribution is 0.0695. The molecule has 1 aliphatic heterocycles. The highest BCUT2D eigenvalue weighted by molar-refractivity contribution is 9.10. The highest BCUT2D eigenvalue weighted by Gasteiger charge is 2.32. The average molecular weight is 378 g/mol. The molecule has 0 atom stereocenters. The van der Waals surface area contributed by atoms with Gasteiger partial charge in [-0.05, 0) is 28.1 Å². The molecule has 0 spiro atoms. The maximum atomic E-state index is 12.3. The van der Waals surface area contributed by atoms with Crippen molar-refractivity contribution in [1.82, 2.24) is 9.88 Å². The van der Waals surface area contributed by atoms with Crippen LogP contribution in [0, 0.1) is 0 Å². The Bertz CT molecular complexity index is 964. The average Bonchev–Trinajstić information content (AvgIpc) is 2.75. The van der Waals surface area contributed by atoms with Crippen molar-refractivity contribution >= 4 is 39.5 Å². The summed E-state index contributed by atoms with van der Waals surface area (Å²) in [4.78, 5) is 46.9. The van der Waals surface area contributed by atoms with Gasteiger partial charge in [0, 0.05) is 6.07 Å². The van der Waals surface area contributed by atoms with Gasteiger partial charge in [0.25, 0.3) is 17.4 Å². The molecule has 0 radical (unpaired) electrons. The predicted octanol–water partition coefficient (Wildman–Crippen LogP) is 0.764. The Kier molecular flexibility index (Phi) is 3.29. The number of halogens is 1. The largest absolute Gasteiger partial charge is 0.478 e. The number of carboxylic acid groups (broad SMARTS) is 1. The van der Waals surface area contributed by atoms with Crippen LogP contribution in [0.2, 0.25) is 0 Å². The molecule has 1 aromatic heterocycles. The van der Waals surface area contributed by atoms with Gasteiger partial charge in [0.15, 0.2) is 0 Å². The minimum atomic E-state index is -1.19. The lowest BCUT2D eigenvalue weighted by atomic mass is 10.1. The van der Waals surface area contributed by atoms with E-state index in [2.05, 4.69) is 21.2 Å². The summed E-state index contributed by atoms with van der Waals surface area (Å²) in [6.07, 6.45) is 0. The van der Waals surface area contributed by atoms with Crippen LogP contribution in [0.3, 0.4) is 0 Å². The van der Waals surface area contributed by atoms with Crippen LogP contribution in [-0.4, -0.2) is 27.5 Å². The van der Waals surface area contributed by atoms with Gasteiger partial charge in [-0.15, -0.1) is 0 Å². The molecule has 4 N–H and O–H groups in total. The topological polar surface area (TPSA) is 131 Å². The highest BCUT2D eigenvalue weighted by atomic mass is 79.9. The van der Waals surface area contributed by atoms with E-state index < -0.39 is 23.3 Å². The minimum absolute atomic E-state index is 0.0742. The van der Waals surface area contributed by atoms with Crippen molar-refractivity contribution in [3.63, 3.8) is 0 Å². The summed E-state index contributed by atoms with van der Waals surface area (Å²) in [5, 5.41) is 11.2. The number of imide groups is 1. The maximum absolute atomic E-state index is 12.3. The van der Waals surface area contributed by atoms with Gasteiger partial charge in [0.2, 0.25) is 0 Å². The van der Waals surface area contributed by atoms with Gasteiger partial charge in [-0.25, -0.2) is 4.79 Å². The molecule has 1 aromatic carbocycles. The number of nitrogens with two attached hydrogens (primary N) is 1. The summed E-state index contributed by atoms with van der Waals surface area (Å²) in [6.45, 7) is 0. The Balaban J connectivity index is 2.36. The van der Waals surface area contributed by atoms with E-state index in [1.165, 1.54) is 18.2 Å². The van der Waals surface area contributed by atoms with E-state index in [0.29, 0.717) is 0 Å². The molecular weight excluding hydrogens is 370 g/mol. The molecule has 2 amide bonds. The Morgan fingerprint density at radius 2 is 1.91 bits per heavy atom. The molecule has 0 aliphatic carbocycles. The number of carbonyl (C=O) groups is 3. The van der Waals surface area contributed by atoms with Crippen LogP contribution in [-0.2, 0) is 0 Å². The van der Waals surface area contributed by atoms with Crippen LogP contribution in [0.25, 0.3) is 5.69 Å². The number of pyridine rings is 1. The molecule has 3 rings (SSSR count). The number of anilines is 1. The number of rotatable bonds is 2. The summed E-state index contributed by atoms with van der Waals surface area (Å²) in [6, 6.07) is 5.25. The molecule has 0 saturated heterocycles. The Labute approximate surface area is 136 Å². The highest BCUT2D eigenvalue weighted by Crippen LogP contribution is 2.29. The van der Waals surface area contributed by atoms with Crippen molar-refractivity contribution in [2.75, 3.05) is 5.73 Å². The fourth-order valence-electron chi connectivity index (χ4n) is 2.39. The normalized spacial score (nSPS) is 12.9. The molecule has 0 fully saturated rings. The molecule has 1 aliphatic rings. The number of nitrogens with one attached hydrogen (secondary N) is 1. The second-order valence-electron chi connectivity index (χ2n) is 4.72. The van der Waals surface area contributed by atoms with Crippen molar-refractivity contribution in [3.8, 4) is 5.69 Å². The number of hydrogen-bond acceptors (Lipinski definition) is 5.